The van der Waals surface area contributed by atoms with Crippen LogP contribution in [-0.2, 0) is 27.9 Å². The number of amides is 3. The molecular formula is C35H45N5O6. The third-order valence-electron chi connectivity index (χ3n) is 10.0. The van der Waals surface area contributed by atoms with E-state index in [0.717, 1.165) is 55.5 Å². The van der Waals surface area contributed by atoms with Crippen LogP contribution in [0.1, 0.15) is 70.9 Å². The van der Waals surface area contributed by atoms with Crippen LogP contribution in [0.25, 0.3) is 11.0 Å². The van der Waals surface area contributed by atoms with Gasteiger partial charge in [-0.1, -0.05) is 18.2 Å². The molecule has 1 unspecified atom stereocenters. The average molecular weight is 632 g/mol. The molecule has 3 aromatic rings. The second-order valence-electron chi connectivity index (χ2n) is 14.0. The number of aromatic nitrogens is 2. The van der Waals surface area contributed by atoms with Crippen LogP contribution in [-0.4, -0.2) is 75.7 Å². The Labute approximate surface area is 269 Å². The van der Waals surface area contributed by atoms with E-state index in [1.165, 1.54) is 4.90 Å². The normalized spacial score (nSPS) is 20.5. The Kier molecular flexibility index (Phi) is 8.37. The molecule has 0 N–H and O–H groups in total. The number of rotatable bonds is 5. The van der Waals surface area contributed by atoms with Gasteiger partial charge in [0.1, 0.15) is 17.4 Å². The smallest absolute Gasteiger partial charge is 0.410 e. The van der Waals surface area contributed by atoms with Gasteiger partial charge in [0.15, 0.2) is 0 Å². The van der Waals surface area contributed by atoms with Crippen molar-refractivity contribution in [3.05, 3.63) is 58.5 Å². The summed E-state index contributed by atoms with van der Waals surface area (Å²) >= 11 is 0. The van der Waals surface area contributed by atoms with Crippen LogP contribution in [0.15, 0.2) is 47.3 Å². The molecule has 0 radical (unpaired) electrons. The molecule has 0 saturated carbocycles. The number of hydrogen-bond acceptors (Lipinski definition) is 7. The zero-order chi connectivity index (χ0) is 32.8. The van der Waals surface area contributed by atoms with Gasteiger partial charge in [-0.15, -0.1) is 0 Å². The monoisotopic (exact) mass is 631 g/mol. The number of imidazole rings is 1. The van der Waals surface area contributed by atoms with Gasteiger partial charge in [0.05, 0.1) is 30.4 Å². The molecule has 46 heavy (non-hydrogen) atoms. The minimum Gasteiger partial charge on any atom is -0.497 e. The van der Waals surface area contributed by atoms with Gasteiger partial charge >= 0.3 is 11.8 Å². The number of likely N-dealkylation sites (tertiary alicyclic amines) is 2. The number of hydrogen-bond donors (Lipinski definition) is 0. The quantitative estimate of drug-likeness (QED) is 0.371. The SMILES string of the molecule is COc1ccc(CN2C(=O)CCC(n3c(=O)n(C)c4c(N5CCC6(CCN(C(=O)OC(C)(C)C)CC6)CC5)cccc43)C2=O)cc1. The summed E-state index contributed by atoms with van der Waals surface area (Å²) in [6.07, 6.45) is 4.15. The summed E-state index contributed by atoms with van der Waals surface area (Å²) in [5.74, 6) is 0.110. The number of anilines is 1. The summed E-state index contributed by atoms with van der Waals surface area (Å²) < 4.78 is 14.1. The number of imide groups is 1. The van der Waals surface area contributed by atoms with E-state index in [1.54, 1.807) is 35.4 Å². The number of para-hydroxylation sites is 1. The molecule has 11 nitrogen and oxygen atoms in total. The first kappa shape index (κ1) is 31.7. The van der Waals surface area contributed by atoms with E-state index in [-0.39, 0.29) is 48.4 Å². The van der Waals surface area contributed by atoms with Crippen molar-refractivity contribution < 1.29 is 23.9 Å². The minimum absolute atomic E-state index is 0.147. The zero-order valence-electron chi connectivity index (χ0n) is 27.6. The lowest BCUT2D eigenvalue weighted by molar-refractivity contribution is -0.151. The molecule has 0 aliphatic carbocycles. The fourth-order valence-electron chi connectivity index (χ4n) is 7.33. The maximum atomic E-state index is 13.8. The van der Waals surface area contributed by atoms with Crippen LogP contribution in [0.2, 0.25) is 0 Å². The van der Waals surface area contributed by atoms with Crippen molar-refractivity contribution in [2.45, 2.75) is 77.5 Å². The van der Waals surface area contributed by atoms with Gasteiger partial charge in [0.25, 0.3) is 5.91 Å². The van der Waals surface area contributed by atoms with Gasteiger partial charge in [-0.25, -0.2) is 9.59 Å². The fourth-order valence-corrected chi connectivity index (χ4v) is 7.33. The Morgan fingerprint density at radius 2 is 1.59 bits per heavy atom. The van der Waals surface area contributed by atoms with Gasteiger partial charge in [-0.3, -0.25) is 23.6 Å². The molecule has 1 spiro atoms. The topological polar surface area (TPSA) is 106 Å². The number of fused-ring (bicyclic) bond motifs is 1. The Hall–Kier alpha value is -4.28. The van der Waals surface area contributed by atoms with Crippen molar-refractivity contribution in [3.63, 3.8) is 0 Å². The number of piperidine rings is 3. The standard InChI is InChI=1S/C35H45N5O6/c1-34(2,3)46-33(44)38-21-17-35(18-22-38)15-19-37(20-16-35)26-7-6-8-27-30(26)36(4)32(43)40(27)28-13-14-29(41)39(31(28)42)23-24-9-11-25(45-5)12-10-24/h6-12,28H,13-23H2,1-5H3. The lowest BCUT2D eigenvalue weighted by Crippen LogP contribution is -2.49. The zero-order valence-corrected chi connectivity index (χ0v) is 27.6. The molecule has 6 rings (SSSR count). The van der Waals surface area contributed by atoms with Gasteiger partial charge < -0.3 is 19.3 Å². The molecule has 3 saturated heterocycles. The molecule has 2 aromatic carbocycles. The van der Waals surface area contributed by atoms with E-state index in [1.807, 2.05) is 49.9 Å². The van der Waals surface area contributed by atoms with Crippen molar-refractivity contribution in [3.8, 4) is 5.75 Å². The molecule has 4 heterocycles. The highest BCUT2D eigenvalue weighted by atomic mass is 16.6. The van der Waals surface area contributed by atoms with Crippen molar-refractivity contribution in [1.82, 2.24) is 18.9 Å². The van der Waals surface area contributed by atoms with Crippen LogP contribution in [0, 0.1) is 5.41 Å². The maximum Gasteiger partial charge on any atom is 0.410 e. The molecule has 0 bridgehead atoms. The van der Waals surface area contributed by atoms with Crippen LogP contribution in [0.5, 0.6) is 5.75 Å². The summed E-state index contributed by atoms with van der Waals surface area (Å²) in [5, 5.41) is 0. The molecule has 3 aliphatic heterocycles. The summed E-state index contributed by atoms with van der Waals surface area (Å²) in [4.78, 5) is 58.6. The molecule has 3 aliphatic rings. The fraction of sp³-hybridized carbons (Fsp3) is 0.543. The Morgan fingerprint density at radius 1 is 0.935 bits per heavy atom. The number of aryl methyl sites for hydroxylation is 1. The Bertz CT molecular complexity index is 1680. The Balaban J connectivity index is 1.19. The second kappa shape index (κ2) is 12.1. The highest BCUT2D eigenvalue weighted by molar-refractivity contribution is 6.00. The van der Waals surface area contributed by atoms with Crippen LogP contribution >= 0.6 is 0 Å². The van der Waals surface area contributed by atoms with Crippen LogP contribution in [0.4, 0.5) is 10.5 Å². The molecule has 246 valence electrons. The summed E-state index contributed by atoms with van der Waals surface area (Å²) in [6.45, 7) is 8.92. The maximum absolute atomic E-state index is 13.8. The van der Waals surface area contributed by atoms with E-state index < -0.39 is 11.6 Å². The molecule has 1 aromatic heterocycles. The van der Waals surface area contributed by atoms with Gasteiger partial charge in [0.2, 0.25) is 5.91 Å². The third-order valence-corrected chi connectivity index (χ3v) is 10.0. The molecule has 3 amide bonds. The summed E-state index contributed by atoms with van der Waals surface area (Å²) in [5.41, 5.74) is 2.72. The third kappa shape index (κ3) is 5.99. The van der Waals surface area contributed by atoms with Crippen LogP contribution < -0.4 is 15.3 Å². The number of carbonyl (C=O) groups excluding carboxylic acids is 3. The minimum atomic E-state index is -0.762. The number of carbonyl (C=O) groups is 3. The van der Waals surface area contributed by atoms with Crippen LogP contribution in [0.3, 0.4) is 0 Å². The lowest BCUT2D eigenvalue weighted by atomic mass is 9.71. The van der Waals surface area contributed by atoms with Gasteiger partial charge in [0, 0.05) is 39.6 Å². The lowest BCUT2D eigenvalue weighted by Gasteiger charge is -2.47. The molecule has 1 atom stereocenters. The first-order chi connectivity index (χ1) is 21.9. The van der Waals surface area contributed by atoms with Gasteiger partial charge in [-0.2, -0.15) is 0 Å². The average Bonchev–Trinajstić information content (AvgIpc) is 3.29. The highest BCUT2D eigenvalue weighted by Crippen LogP contribution is 2.43. The van der Waals surface area contributed by atoms with Crippen molar-refractivity contribution in [2.24, 2.45) is 12.5 Å². The molecule has 11 heteroatoms. The van der Waals surface area contributed by atoms with Crippen molar-refractivity contribution in [2.75, 3.05) is 38.2 Å². The summed E-state index contributed by atoms with van der Waals surface area (Å²) in [6, 6.07) is 12.4. The first-order valence-corrected chi connectivity index (χ1v) is 16.3. The van der Waals surface area contributed by atoms with E-state index >= 15 is 0 Å². The number of methoxy groups -OCH3 is 1. The highest BCUT2D eigenvalue weighted by Gasteiger charge is 2.41. The second-order valence-corrected chi connectivity index (χ2v) is 14.0. The summed E-state index contributed by atoms with van der Waals surface area (Å²) in [7, 11) is 3.35. The van der Waals surface area contributed by atoms with Crippen molar-refractivity contribution in [1.29, 1.82) is 0 Å². The largest absolute Gasteiger partial charge is 0.497 e. The molecule has 3 fully saturated rings. The first-order valence-electron chi connectivity index (χ1n) is 16.3. The van der Waals surface area contributed by atoms with Gasteiger partial charge in [-0.05, 0) is 88.1 Å². The predicted octanol–water partition coefficient (Wildman–Crippen LogP) is 4.86. The Morgan fingerprint density at radius 3 is 2.22 bits per heavy atom. The number of benzene rings is 2. The number of ether oxygens (including phenoxy) is 2. The molecular weight excluding hydrogens is 586 g/mol. The predicted molar refractivity (Wildman–Crippen MR) is 175 cm³/mol. The van der Waals surface area contributed by atoms with E-state index in [4.69, 9.17) is 9.47 Å². The van der Waals surface area contributed by atoms with E-state index in [2.05, 4.69) is 11.0 Å². The number of nitrogens with zero attached hydrogens (tertiary/aromatic N) is 5. The van der Waals surface area contributed by atoms with E-state index in [0.29, 0.717) is 24.4 Å². The van der Waals surface area contributed by atoms with Crippen molar-refractivity contribution >= 4 is 34.6 Å². The van der Waals surface area contributed by atoms with E-state index in [9.17, 15) is 19.2 Å².